The Morgan fingerprint density at radius 2 is 1.78 bits per heavy atom. The zero-order valence-electron chi connectivity index (χ0n) is 21.5. The number of anilines is 2. The smallest absolute Gasteiger partial charge is 0.0712 e. The second kappa shape index (κ2) is 9.46. The number of benzene rings is 3. The number of hydrogen-bond acceptors (Lipinski definition) is 3. The van der Waals surface area contributed by atoms with Gasteiger partial charge in [-0.15, -0.1) is 0 Å². The summed E-state index contributed by atoms with van der Waals surface area (Å²) in [4.78, 5) is 5.22. The molecule has 0 saturated heterocycles. The quantitative estimate of drug-likeness (QED) is 0.313. The summed E-state index contributed by atoms with van der Waals surface area (Å²) < 4.78 is 0. The highest BCUT2D eigenvalue weighted by molar-refractivity contribution is 5.70. The van der Waals surface area contributed by atoms with Gasteiger partial charge in [0.1, 0.15) is 0 Å². The molecule has 2 atom stereocenters. The third-order valence-corrected chi connectivity index (χ3v) is 7.85. The van der Waals surface area contributed by atoms with Crippen molar-refractivity contribution in [2.75, 3.05) is 10.6 Å². The first kappa shape index (κ1) is 22.8. The van der Waals surface area contributed by atoms with Crippen LogP contribution in [0.1, 0.15) is 78.6 Å². The minimum absolute atomic E-state index is 0.304. The fraction of sp³-hybridized carbons (Fsp3) is 0.303. The van der Waals surface area contributed by atoms with Crippen LogP contribution in [0.15, 0.2) is 78.9 Å². The Morgan fingerprint density at radius 3 is 2.61 bits per heavy atom. The van der Waals surface area contributed by atoms with Gasteiger partial charge >= 0.3 is 0 Å². The number of aryl methyl sites for hydroxylation is 1. The predicted molar refractivity (Wildman–Crippen MR) is 151 cm³/mol. The van der Waals surface area contributed by atoms with Crippen LogP contribution in [0, 0.1) is 0 Å². The van der Waals surface area contributed by atoms with Crippen LogP contribution in [0.4, 0.5) is 11.4 Å². The monoisotopic (exact) mass is 473 g/mol. The number of fused-ring (bicyclic) bond motifs is 4. The largest absolute Gasteiger partial charge is 0.379 e. The summed E-state index contributed by atoms with van der Waals surface area (Å²) in [7, 11) is 0. The maximum Gasteiger partial charge on any atom is 0.0712 e. The average Bonchev–Trinajstić information content (AvgIpc) is 3.31. The minimum Gasteiger partial charge on any atom is -0.379 e. The summed E-state index contributed by atoms with van der Waals surface area (Å²) >= 11 is 0. The van der Waals surface area contributed by atoms with E-state index in [-0.39, 0.29) is 0 Å². The van der Waals surface area contributed by atoms with E-state index < -0.39 is 0 Å². The molecular weight excluding hydrogens is 438 g/mol. The molecule has 2 aliphatic rings. The predicted octanol–water partition coefficient (Wildman–Crippen LogP) is 8.24. The molecule has 0 fully saturated rings. The molecular formula is C33H35N3. The van der Waals surface area contributed by atoms with Crippen molar-refractivity contribution in [1.82, 2.24) is 4.98 Å². The van der Waals surface area contributed by atoms with E-state index >= 15 is 0 Å². The van der Waals surface area contributed by atoms with Crippen molar-refractivity contribution in [3.8, 4) is 11.3 Å². The Balaban J connectivity index is 1.39. The van der Waals surface area contributed by atoms with Gasteiger partial charge in [0.25, 0.3) is 0 Å². The highest BCUT2D eigenvalue weighted by Crippen LogP contribution is 2.41. The minimum atomic E-state index is 0.304. The normalized spacial score (nSPS) is 18.4. The molecule has 2 unspecified atom stereocenters. The SMILES string of the molecule is CC(C)c1cccc2c1NCc1cc(cc(-c3cccc4c3C(Nc3ccccc3)CC4)n1)CC2C. The summed E-state index contributed by atoms with van der Waals surface area (Å²) in [6.45, 7) is 7.66. The van der Waals surface area contributed by atoms with Crippen molar-refractivity contribution in [3.63, 3.8) is 0 Å². The maximum atomic E-state index is 5.22. The van der Waals surface area contributed by atoms with E-state index in [2.05, 4.69) is 110 Å². The molecule has 1 aromatic heterocycles. The van der Waals surface area contributed by atoms with E-state index in [1.54, 1.807) is 0 Å². The number of para-hydroxylation sites is 2. The molecule has 2 heterocycles. The van der Waals surface area contributed by atoms with Crippen LogP contribution >= 0.6 is 0 Å². The van der Waals surface area contributed by atoms with E-state index in [9.17, 15) is 0 Å². The van der Waals surface area contributed by atoms with Gasteiger partial charge in [0.15, 0.2) is 0 Å². The molecule has 0 radical (unpaired) electrons. The first-order chi connectivity index (χ1) is 17.6. The first-order valence-corrected chi connectivity index (χ1v) is 13.4. The van der Waals surface area contributed by atoms with Gasteiger partial charge in [0.05, 0.1) is 24.0 Å². The third-order valence-electron chi connectivity index (χ3n) is 7.85. The van der Waals surface area contributed by atoms with Crippen LogP contribution in [0.2, 0.25) is 0 Å². The molecule has 3 aromatic carbocycles. The van der Waals surface area contributed by atoms with E-state index in [0.29, 0.717) is 17.9 Å². The van der Waals surface area contributed by atoms with Crippen molar-refractivity contribution in [2.45, 2.75) is 64.5 Å². The van der Waals surface area contributed by atoms with Crippen LogP contribution in [0.5, 0.6) is 0 Å². The fourth-order valence-corrected chi connectivity index (χ4v) is 6.11. The van der Waals surface area contributed by atoms with Gasteiger partial charge in [-0.3, -0.25) is 4.98 Å². The van der Waals surface area contributed by atoms with Gasteiger partial charge in [0.2, 0.25) is 0 Å². The number of nitrogens with zero attached hydrogens (tertiary/aromatic N) is 1. The van der Waals surface area contributed by atoms with E-state index in [1.165, 1.54) is 44.8 Å². The van der Waals surface area contributed by atoms with E-state index in [4.69, 9.17) is 4.98 Å². The van der Waals surface area contributed by atoms with Crippen LogP contribution in [0.25, 0.3) is 11.3 Å². The highest BCUT2D eigenvalue weighted by Gasteiger charge is 2.27. The number of rotatable bonds is 4. The standard InChI is InChI=1S/C33H35N3/c1-21(2)27-12-8-13-28-22(3)17-23-18-26(20-34-33(27)28)36-31(19-23)29-14-7-9-24-15-16-30(32(24)29)35-25-10-5-4-6-11-25/h4-14,18-19,21-22,30,34-35H,15-17,20H2,1-3H3. The van der Waals surface area contributed by atoms with Gasteiger partial charge in [-0.25, -0.2) is 0 Å². The van der Waals surface area contributed by atoms with E-state index in [1.807, 2.05) is 0 Å². The van der Waals surface area contributed by atoms with Crippen LogP contribution < -0.4 is 10.6 Å². The summed E-state index contributed by atoms with van der Waals surface area (Å²) in [5.74, 6) is 0.911. The molecule has 6 rings (SSSR count). The fourth-order valence-electron chi connectivity index (χ4n) is 6.11. The Labute approximate surface area is 215 Å². The van der Waals surface area contributed by atoms with Crippen molar-refractivity contribution in [3.05, 3.63) is 112 Å². The Morgan fingerprint density at radius 1 is 0.944 bits per heavy atom. The highest BCUT2D eigenvalue weighted by atomic mass is 14.9. The van der Waals surface area contributed by atoms with Gasteiger partial charge in [0, 0.05) is 16.9 Å². The third kappa shape index (κ3) is 4.28. The molecule has 0 amide bonds. The lowest BCUT2D eigenvalue weighted by Gasteiger charge is -2.21. The van der Waals surface area contributed by atoms with Crippen LogP contribution in [-0.4, -0.2) is 4.98 Å². The lowest BCUT2D eigenvalue weighted by Crippen LogP contribution is -2.09. The van der Waals surface area contributed by atoms with Crippen molar-refractivity contribution in [2.24, 2.45) is 0 Å². The number of aromatic nitrogens is 1. The molecule has 182 valence electrons. The zero-order valence-corrected chi connectivity index (χ0v) is 21.5. The molecule has 1 aliphatic carbocycles. The lowest BCUT2D eigenvalue weighted by molar-refractivity contribution is 0.755. The molecule has 2 N–H and O–H groups in total. The summed E-state index contributed by atoms with van der Waals surface area (Å²) in [6, 6.07) is 29.1. The molecule has 0 spiro atoms. The number of hydrogen-bond donors (Lipinski definition) is 2. The molecule has 4 aromatic rings. The second-order valence-electron chi connectivity index (χ2n) is 10.8. The van der Waals surface area contributed by atoms with Crippen molar-refractivity contribution in [1.29, 1.82) is 0 Å². The van der Waals surface area contributed by atoms with Crippen molar-refractivity contribution >= 4 is 11.4 Å². The zero-order chi connectivity index (χ0) is 24.6. The Kier molecular flexibility index (Phi) is 6.00. The summed E-state index contributed by atoms with van der Waals surface area (Å²) in [5, 5.41) is 7.58. The van der Waals surface area contributed by atoms with E-state index in [0.717, 1.165) is 37.2 Å². The van der Waals surface area contributed by atoms with Gasteiger partial charge in [-0.2, -0.15) is 0 Å². The van der Waals surface area contributed by atoms with Crippen LogP contribution in [-0.2, 0) is 19.4 Å². The van der Waals surface area contributed by atoms with Gasteiger partial charge in [-0.05, 0) is 83.2 Å². The molecule has 3 heteroatoms. The Bertz CT molecular complexity index is 1390. The first-order valence-electron chi connectivity index (χ1n) is 13.4. The molecule has 2 bridgehead atoms. The summed E-state index contributed by atoms with van der Waals surface area (Å²) in [6.07, 6.45) is 3.23. The lowest BCUT2D eigenvalue weighted by atomic mass is 9.88. The average molecular weight is 474 g/mol. The summed E-state index contributed by atoms with van der Waals surface area (Å²) in [5.41, 5.74) is 13.0. The van der Waals surface area contributed by atoms with Gasteiger partial charge < -0.3 is 10.6 Å². The number of nitrogens with one attached hydrogen (secondary N) is 2. The molecule has 1 aliphatic heterocycles. The molecule has 3 nitrogen and oxygen atoms in total. The van der Waals surface area contributed by atoms with Crippen molar-refractivity contribution < 1.29 is 0 Å². The Hall–Kier alpha value is -3.59. The maximum absolute atomic E-state index is 5.22. The van der Waals surface area contributed by atoms with Crippen LogP contribution in [0.3, 0.4) is 0 Å². The second-order valence-corrected chi connectivity index (χ2v) is 10.8. The topological polar surface area (TPSA) is 37.0 Å². The number of pyridine rings is 1. The van der Waals surface area contributed by atoms with Gasteiger partial charge in [-0.1, -0.05) is 75.4 Å². The molecule has 0 saturated carbocycles. The molecule has 36 heavy (non-hydrogen) atoms.